The Morgan fingerprint density at radius 2 is 1.82 bits per heavy atom. The van der Waals surface area contributed by atoms with E-state index in [9.17, 15) is 0 Å². The van der Waals surface area contributed by atoms with Crippen LogP contribution in [0.4, 0.5) is 0 Å². The largest absolute Gasteiger partial charge is 0.256 e. The van der Waals surface area contributed by atoms with Gasteiger partial charge in [0.2, 0.25) is 0 Å². The first-order valence-electron chi connectivity index (χ1n) is 7.34. The van der Waals surface area contributed by atoms with Crippen LogP contribution in [-0.2, 0) is 6.42 Å². The third kappa shape index (κ3) is 2.42. The number of aromatic nitrogens is 3. The number of fused-ring (bicyclic) bond motifs is 2. The molecule has 0 bridgehead atoms. The number of rotatable bonds is 2. The quantitative estimate of drug-likeness (QED) is 0.557. The summed E-state index contributed by atoms with van der Waals surface area (Å²) in [5.74, 6) is 0. The normalized spacial score (nSPS) is 11.1. The van der Waals surface area contributed by atoms with E-state index in [0.717, 1.165) is 39.6 Å². The highest BCUT2D eigenvalue weighted by Crippen LogP contribution is 2.17. The molecule has 0 aliphatic rings. The van der Waals surface area contributed by atoms with Crippen LogP contribution in [0.3, 0.4) is 0 Å². The minimum absolute atomic E-state index is 0.802. The predicted octanol–water partition coefficient (Wildman–Crippen LogP) is 4.08. The molecule has 1 aromatic carbocycles. The van der Waals surface area contributed by atoms with E-state index in [2.05, 4.69) is 40.3 Å². The van der Waals surface area contributed by atoms with Crippen LogP contribution in [0.15, 0.2) is 60.9 Å². The third-order valence-electron chi connectivity index (χ3n) is 3.79. The van der Waals surface area contributed by atoms with Crippen molar-refractivity contribution in [2.45, 2.75) is 13.3 Å². The number of nitrogens with zero attached hydrogens (tertiary/aromatic N) is 3. The van der Waals surface area contributed by atoms with Gasteiger partial charge >= 0.3 is 0 Å². The highest BCUT2D eigenvalue weighted by molar-refractivity contribution is 5.79. The molecule has 0 radical (unpaired) electrons. The average Bonchev–Trinajstić information content (AvgIpc) is 2.54. The fraction of sp³-hybridized carbons (Fsp3) is 0.105. The highest BCUT2D eigenvalue weighted by Gasteiger charge is 2.03. The maximum absolute atomic E-state index is 4.73. The van der Waals surface area contributed by atoms with E-state index in [1.807, 2.05) is 37.5 Å². The van der Waals surface area contributed by atoms with Crippen LogP contribution in [0.1, 0.15) is 16.8 Å². The molecule has 0 aliphatic heterocycles. The van der Waals surface area contributed by atoms with Crippen molar-refractivity contribution < 1.29 is 0 Å². The summed E-state index contributed by atoms with van der Waals surface area (Å²) in [7, 11) is 0. The molecule has 0 saturated heterocycles. The van der Waals surface area contributed by atoms with Crippen molar-refractivity contribution in [2.75, 3.05) is 0 Å². The molecule has 3 aromatic heterocycles. The minimum atomic E-state index is 0.802. The van der Waals surface area contributed by atoms with Crippen LogP contribution < -0.4 is 0 Å². The number of hydrogen-bond donors (Lipinski definition) is 0. The Morgan fingerprint density at radius 3 is 2.77 bits per heavy atom. The zero-order valence-electron chi connectivity index (χ0n) is 12.3. The zero-order chi connectivity index (χ0) is 14.9. The molecule has 3 heterocycles. The van der Waals surface area contributed by atoms with Crippen molar-refractivity contribution in [3.63, 3.8) is 0 Å². The molecule has 0 aliphatic carbocycles. The molecule has 0 unspecified atom stereocenters. The smallest absolute Gasteiger partial charge is 0.0892 e. The van der Waals surface area contributed by atoms with Crippen molar-refractivity contribution >= 4 is 21.9 Å². The first kappa shape index (κ1) is 12.9. The molecule has 0 fully saturated rings. The molecule has 0 N–H and O–H groups in total. The van der Waals surface area contributed by atoms with Gasteiger partial charge in [-0.05, 0) is 48.4 Å². The van der Waals surface area contributed by atoms with E-state index in [0.29, 0.717) is 0 Å². The maximum atomic E-state index is 4.73. The molecule has 22 heavy (non-hydrogen) atoms. The van der Waals surface area contributed by atoms with E-state index in [1.54, 1.807) is 0 Å². The van der Waals surface area contributed by atoms with E-state index in [4.69, 9.17) is 4.98 Å². The molecule has 0 spiro atoms. The van der Waals surface area contributed by atoms with Crippen LogP contribution in [0, 0.1) is 6.92 Å². The summed E-state index contributed by atoms with van der Waals surface area (Å²) in [5, 5.41) is 1.16. The van der Waals surface area contributed by atoms with Gasteiger partial charge in [0.25, 0.3) is 0 Å². The molecule has 106 valence electrons. The van der Waals surface area contributed by atoms with Crippen molar-refractivity contribution in [3.8, 4) is 0 Å². The predicted molar refractivity (Wildman–Crippen MR) is 88.8 cm³/mol. The Morgan fingerprint density at radius 1 is 0.864 bits per heavy atom. The Balaban J connectivity index is 1.72. The SMILES string of the molecule is Cc1cnc2ccc(Cc3ccc4cccnc4c3)nc2c1. The Labute approximate surface area is 128 Å². The zero-order valence-corrected chi connectivity index (χ0v) is 12.3. The van der Waals surface area contributed by atoms with Crippen molar-refractivity contribution in [3.05, 3.63) is 77.7 Å². The lowest BCUT2D eigenvalue weighted by molar-refractivity contribution is 1.09. The summed E-state index contributed by atoms with van der Waals surface area (Å²) in [6, 6.07) is 16.6. The standard InChI is InChI=1S/C19H15N3/c1-13-9-19-17(21-12-13)7-6-16(22-19)10-14-4-5-15-3-2-8-20-18(15)11-14/h2-9,11-12H,10H2,1H3. The second-order valence-electron chi connectivity index (χ2n) is 5.56. The van der Waals surface area contributed by atoms with E-state index in [1.165, 1.54) is 5.56 Å². The third-order valence-corrected chi connectivity index (χ3v) is 3.79. The van der Waals surface area contributed by atoms with Gasteiger partial charge in [-0.2, -0.15) is 0 Å². The molecule has 4 aromatic rings. The second kappa shape index (κ2) is 5.19. The number of benzene rings is 1. The van der Waals surface area contributed by atoms with Gasteiger partial charge in [0.1, 0.15) is 0 Å². The Hall–Kier alpha value is -2.81. The van der Waals surface area contributed by atoms with Gasteiger partial charge in [-0.15, -0.1) is 0 Å². The summed E-state index contributed by atoms with van der Waals surface area (Å²) < 4.78 is 0. The highest BCUT2D eigenvalue weighted by atomic mass is 14.8. The summed E-state index contributed by atoms with van der Waals surface area (Å²) in [6.07, 6.45) is 4.50. The molecule has 0 atom stereocenters. The number of aryl methyl sites for hydroxylation is 1. The molecule has 0 saturated carbocycles. The van der Waals surface area contributed by atoms with E-state index < -0.39 is 0 Å². The van der Waals surface area contributed by atoms with Gasteiger partial charge in [0, 0.05) is 29.9 Å². The van der Waals surface area contributed by atoms with Gasteiger partial charge < -0.3 is 0 Å². The molecule has 4 rings (SSSR count). The number of pyridine rings is 3. The summed E-state index contributed by atoms with van der Waals surface area (Å²) in [5.41, 5.74) is 6.32. The van der Waals surface area contributed by atoms with Crippen molar-refractivity contribution in [2.24, 2.45) is 0 Å². The van der Waals surface area contributed by atoms with Gasteiger partial charge in [-0.1, -0.05) is 18.2 Å². The molecule has 0 amide bonds. The fourth-order valence-electron chi connectivity index (χ4n) is 2.68. The van der Waals surface area contributed by atoms with Gasteiger partial charge in [0.15, 0.2) is 0 Å². The first-order valence-corrected chi connectivity index (χ1v) is 7.34. The van der Waals surface area contributed by atoms with Crippen LogP contribution in [-0.4, -0.2) is 15.0 Å². The fourth-order valence-corrected chi connectivity index (χ4v) is 2.68. The summed E-state index contributed by atoms with van der Waals surface area (Å²) in [6.45, 7) is 2.04. The van der Waals surface area contributed by atoms with Gasteiger partial charge in [-0.3, -0.25) is 15.0 Å². The monoisotopic (exact) mass is 285 g/mol. The van der Waals surface area contributed by atoms with Crippen LogP contribution in [0.5, 0.6) is 0 Å². The lowest BCUT2D eigenvalue weighted by Gasteiger charge is -2.05. The van der Waals surface area contributed by atoms with Crippen LogP contribution >= 0.6 is 0 Å². The average molecular weight is 285 g/mol. The van der Waals surface area contributed by atoms with Crippen LogP contribution in [0.25, 0.3) is 21.9 Å². The minimum Gasteiger partial charge on any atom is -0.256 e. The van der Waals surface area contributed by atoms with E-state index >= 15 is 0 Å². The lowest BCUT2D eigenvalue weighted by Crippen LogP contribution is -1.94. The van der Waals surface area contributed by atoms with Crippen LogP contribution in [0.2, 0.25) is 0 Å². The van der Waals surface area contributed by atoms with Crippen molar-refractivity contribution in [1.29, 1.82) is 0 Å². The topological polar surface area (TPSA) is 38.7 Å². The first-order chi connectivity index (χ1) is 10.8. The molecule has 3 heteroatoms. The van der Waals surface area contributed by atoms with Crippen molar-refractivity contribution in [1.82, 2.24) is 15.0 Å². The van der Waals surface area contributed by atoms with Gasteiger partial charge in [0.05, 0.1) is 16.6 Å². The number of hydrogen-bond acceptors (Lipinski definition) is 3. The summed E-state index contributed by atoms with van der Waals surface area (Å²) in [4.78, 5) is 13.5. The molecular formula is C19H15N3. The maximum Gasteiger partial charge on any atom is 0.0892 e. The molecular weight excluding hydrogens is 270 g/mol. The second-order valence-corrected chi connectivity index (χ2v) is 5.56. The Bertz CT molecular complexity index is 976. The Kier molecular flexibility index (Phi) is 3.04. The van der Waals surface area contributed by atoms with E-state index in [-0.39, 0.29) is 0 Å². The summed E-state index contributed by atoms with van der Waals surface area (Å²) >= 11 is 0. The van der Waals surface area contributed by atoms with Gasteiger partial charge in [-0.25, -0.2) is 0 Å². The lowest BCUT2D eigenvalue weighted by atomic mass is 10.1. The molecule has 3 nitrogen and oxygen atoms in total.